The van der Waals surface area contributed by atoms with Gasteiger partial charge in [-0.05, 0) is 31.5 Å². The molecule has 96 valence electrons. The molecule has 2 atom stereocenters. The summed E-state index contributed by atoms with van der Waals surface area (Å²) >= 11 is 0. The minimum atomic E-state index is -0.763. The van der Waals surface area contributed by atoms with Crippen molar-refractivity contribution in [2.45, 2.75) is 25.6 Å². The van der Waals surface area contributed by atoms with Crippen LogP contribution in [0.1, 0.15) is 19.4 Å². The van der Waals surface area contributed by atoms with E-state index in [9.17, 15) is 4.21 Å². The van der Waals surface area contributed by atoms with Crippen molar-refractivity contribution in [1.29, 1.82) is 0 Å². The van der Waals surface area contributed by atoms with E-state index >= 15 is 0 Å². The van der Waals surface area contributed by atoms with Gasteiger partial charge in [-0.25, -0.2) is 0 Å². The molecule has 0 fully saturated rings. The average Bonchev–Trinajstić information content (AvgIpc) is 2.29. The van der Waals surface area contributed by atoms with Crippen molar-refractivity contribution < 1.29 is 8.95 Å². The van der Waals surface area contributed by atoms with Gasteiger partial charge in [-0.3, -0.25) is 4.21 Å². The number of hydrogen-bond acceptors (Lipinski definition) is 3. The highest BCUT2D eigenvalue weighted by atomic mass is 32.2. The highest BCUT2D eigenvalue weighted by molar-refractivity contribution is 7.84. The van der Waals surface area contributed by atoms with E-state index < -0.39 is 10.8 Å². The fourth-order valence-electron chi connectivity index (χ4n) is 1.45. The Labute approximate surface area is 106 Å². The highest BCUT2D eigenvalue weighted by Gasteiger charge is 2.05. The molecule has 0 saturated carbocycles. The van der Waals surface area contributed by atoms with Crippen LogP contribution in [-0.4, -0.2) is 28.9 Å². The summed E-state index contributed by atoms with van der Waals surface area (Å²) in [4.78, 5) is 0. The maximum atomic E-state index is 11.2. The molecule has 4 heteroatoms. The summed E-state index contributed by atoms with van der Waals surface area (Å²) in [6.07, 6.45) is 1.74. The van der Waals surface area contributed by atoms with Gasteiger partial charge in [0.25, 0.3) is 0 Å². The first kappa shape index (κ1) is 14.2. The Balaban J connectivity index is 2.41. The van der Waals surface area contributed by atoms with Crippen LogP contribution in [0.4, 0.5) is 0 Å². The number of rotatable bonds is 7. The minimum absolute atomic E-state index is 0.185. The van der Waals surface area contributed by atoms with E-state index in [1.165, 1.54) is 5.56 Å². The molecule has 0 heterocycles. The normalized spacial score (nSPS) is 14.3. The van der Waals surface area contributed by atoms with Gasteiger partial charge in [0.15, 0.2) is 0 Å². The van der Waals surface area contributed by atoms with Crippen molar-refractivity contribution in [2.75, 3.05) is 19.4 Å². The molecule has 3 nitrogen and oxygen atoms in total. The van der Waals surface area contributed by atoms with Gasteiger partial charge in [0.1, 0.15) is 5.75 Å². The molecule has 0 aliphatic rings. The fourth-order valence-corrected chi connectivity index (χ4v) is 1.80. The Morgan fingerprint density at radius 2 is 2.24 bits per heavy atom. The molecule has 0 radical (unpaired) electrons. The number of nitrogens with one attached hydrogen (secondary N) is 1. The molecular formula is C13H21NO2S. The Hall–Kier alpha value is -0.870. The molecule has 0 spiro atoms. The van der Waals surface area contributed by atoms with Crippen molar-refractivity contribution in [3.63, 3.8) is 0 Å². The Morgan fingerprint density at radius 1 is 1.47 bits per heavy atom. The molecule has 17 heavy (non-hydrogen) atoms. The lowest BCUT2D eigenvalue weighted by molar-refractivity contribution is 0.340. The van der Waals surface area contributed by atoms with Gasteiger partial charge in [0.05, 0.1) is 6.61 Å². The summed E-state index contributed by atoms with van der Waals surface area (Å²) in [5.41, 5.74) is 1.19. The highest BCUT2D eigenvalue weighted by Crippen LogP contribution is 2.12. The SMILES string of the molecule is CCOc1cccc(CNCC(C)S(C)=O)c1. The van der Waals surface area contributed by atoms with Crippen LogP contribution < -0.4 is 10.1 Å². The van der Waals surface area contributed by atoms with Crippen molar-refractivity contribution in [3.8, 4) is 5.75 Å². The van der Waals surface area contributed by atoms with E-state index in [1.54, 1.807) is 6.26 Å². The average molecular weight is 255 g/mol. The second kappa shape index (κ2) is 7.45. The largest absolute Gasteiger partial charge is 0.494 e. The second-order valence-corrected chi connectivity index (χ2v) is 5.82. The van der Waals surface area contributed by atoms with Crippen LogP contribution in [0, 0.1) is 0 Å². The van der Waals surface area contributed by atoms with Crippen LogP contribution in [0.2, 0.25) is 0 Å². The zero-order chi connectivity index (χ0) is 12.7. The summed E-state index contributed by atoms with van der Waals surface area (Å²) in [5, 5.41) is 3.49. The Morgan fingerprint density at radius 3 is 2.88 bits per heavy atom. The lowest BCUT2D eigenvalue weighted by atomic mass is 10.2. The third kappa shape index (κ3) is 5.33. The van der Waals surface area contributed by atoms with E-state index in [4.69, 9.17) is 4.74 Å². The molecule has 0 amide bonds. The molecule has 0 aliphatic heterocycles. The molecule has 0 aromatic heterocycles. The van der Waals surface area contributed by atoms with Crippen molar-refractivity contribution in [3.05, 3.63) is 29.8 Å². The second-order valence-electron chi connectivity index (χ2n) is 4.02. The summed E-state index contributed by atoms with van der Waals surface area (Å²) in [7, 11) is -0.763. The number of hydrogen-bond donors (Lipinski definition) is 1. The van der Waals surface area contributed by atoms with E-state index in [2.05, 4.69) is 11.4 Å². The summed E-state index contributed by atoms with van der Waals surface area (Å²) in [6, 6.07) is 8.04. The molecule has 0 aliphatic carbocycles. The molecule has 1 aromatic carbocycles. The molecule has 1 rings (SSSR count). The smallest absolute Gasteiger partial charge is 0.119 e. The lowest BCUT2D eigenvalue weighted by Crippen LogP contribution is -2.27. The van der Waals surface area contributed by atoms with Gasteiger partial charge in [-0.2, -0.15) is 0 Å². The van der Waals surface area contributed by atoms with Gasteiger partial charge in [-0.15, -0.1) is 0 Å². The summed E-state index contributed by atoms with van der Waals surface area (Å²) in [6.45, 7) is 6.19. The standard InChI is InChI=1S/C13H21NO2S/c1-4-16-13-7-5-6-12(8-13)10-14-9-11(2)17(3)15/h5-8,11,14H,4,9-10H2,1-3H3. The first-order valence-electron chi connectivity index (χ1n) is 5.88. The molecule has 2 unspecified atom stereocenters. The maximum absolute atomic E-state index is 11.2. The van der Waals surface area contributed by atoms with Crippen LogP contribution in [-0.2, 0) is 17.3 Å². The van der Waals surface area contributed by atoms with E-state index in [1.807, 2.05) is 32.0 Å². The van der Waals surface area contributed by atoms with Gasteiger partial charge in [-0.1, -0.05) is 12.1 Å². The maximum Gasteiger partial charge on any atom is 0.119 e. The Bertz CT molecular complexity index is 368. The van der Waals surface area contributed by atoms with Crippen LogP contribution in [0.25, 0.3) is 0 Å². The van der Waals surface area contributed by atoms with Crippen LogP contribution >= 0.6 is 0 Å². The zero-order valence-corrected chi connectivity index (χ0v) is 11.5. The van der Waals surface area contributed by atoms with Gasteiger partial charge in [0.2, 0.25) is 0 Å². The van der Waals surface area contributed by atoms with Crippen LogP contribution in [0.15, 0.2) is 24.3 Å². The topological polar surface area (TPSA) is 38.3 Å². The van der Waals surface area contributed by atoms with E-state index in [-0.39, 0.29) is 5.25 Å². The summed E-state index contributed by atoms with van der Waals surface area (Å²) in [5.74, 6) is 0.902. The zero-order valence-electron chi connectivity index (χ0n) is 10.7. The fraction of sp³-hybridized carbons (Fsp3) is 0.538. The minimum Gasteiger partial charge on any atom is -0.494 e. The predicted molar refractivity (Wildman–Crippen MR) is 72.8 cm³/mol. The lowest BCUT2D eigenvalue weighted by Gasteiger charge is -2.10. The van der Waals surface area contributed by atoms with Gasteiger partial charge in [0, 0.05) is 35.4 Å². The quantitative estimate of drug-likeness (QED) is 0.809. The van der Waals surface area contributed by atoms with Crippen molar-refractivity contribution in [2.24, 2.45) is 0 Å². The van der Waals surface area contributed by atoms with E-state index in [0.29, 0.717) is 6.61 Å². The summed E-state index contributed by atoms with van der Waals surface area (Å²) < 4.78 is 16.6. The van der Waals surface area contributed by atoms with Crippen molar-refractivity contribution in [1.82, 2.24) is 5.32 Å². The Kier molecular flexibility index (Phi) is 6.22. The van der Waals surface area contributed by atoms with Gasteiger partial charge < -0.3 is 10.1 Å². The van der Waals surface area contributed by atoms with Gasteiger partial charge >= 0.3 is 0 Å². The number of benzene rings is 1. The van der Waals surface area contributed by atoms with E-state index in [0.717, 1.165) is 18.8 Å². The number of ether oxygens (including phenoxy) is 1. The molecular weight excluding hydrogens is 234 g/mol. The third-order valence-corrected chi connectivity index (χ3v) is 3.84. The van der Waals surface area contributed by atoms with Crippen molar-refractivity contribution >= 4 is 10.8 Å². The monoisotopic (exact) mass is 255 g/mol. The molecule has 0 saturated heterocycles. The predicted octanol–water partition coefficient (Wildman–Crippen LogP) is 1.94. The molecule has 1 N–H and O–H groups in total. The first-order chi connectivity index (χ1) is 8.13. The van der Waals surface area contributed by atoms with Crippen LogP contribution in [0.5, 0.6) is 5.75 Å². The third-order valence-electron chi connectivity index (χ3n) is 2.54. The molecule has 1 aromatic rings. The first-order valence-corrected chi connectivity index (χ1v) is 7.50. The van der Waals surface area contributed by atoms with Crippen LogP contribution in [0.3, 0.4) is 0 Å². The molecule has 0 bridgehead atoms.